The molecule has 4 nitrogen and oxygen atoms in total. The molecule has 5 atom stereocenters. The standard InChI is InChI=1S/C16H29NO3/c1-10(2)13-6-4-11(3)8-15(13)20-16(18)14-7-5-12(9-17)19-14/h10-15H,4-9,17H2,1-3H3. The molecule has 1 aliphatic heterocycles. The van der Waals surface area contributed by atoms with Gasteiger partial charge in [-0.3, -0.25) is 0 Å². The van der Waals surface area contributed by atoms with Crippen molar-refractivity contribution >= 4 is 5.97 Å². The lowest BCUT2D eigenvalue weighted by Crippen LogP contribution is -2.38. The van der Waals surface area contributed by atoms with Gasteiger partial charge >= 0.3 is 5.97 Å². The highest BCUT2D eigenvalue weighted by Crippen LogP contribution is 2.36. The van der Waals surface area contributed by atoms with Gasteiger partial charge in [0.25, 0.3) is 0 Å². The van der Waals surface area contributed by atoms with Gasteiger partial charge in [-0.25, -0.2) is 4.79 Å². The molecule has 0 aromatic carbocycles. The average Bonchev–Trinajstić information content (AvgIpc) is 2.87. The minimum absolute atomic E-state index is 0.0266. The predicted octanol–water partition coefficient (Wildman–Crippen LogP) is 2.50. The molecular weight excluding hydrogens is 254 g/mol. The summed E-state index contributed by atoms with van der Waals surface area (Å²) in [5.41, 5.74) is 5.58. The SMILES string of the molecule is CC1CCC(C(C)C)C(OC(=O)C2CCC(CN)O2)C1. The summed E-state index contributed by atoms with van der Waals surface area (Å²) in [5, 5.41) is 0. The first-order valence-electron chi connectivity index (χ1n) is 8.07. The maximum absolute atomic E-state index is 12.3. The van der Waals surface area contributed by atoms with Crippen molar-refractivity contribution < 1.29 is 14.3 Å². The van der Waals surface area contributed by atoms with Crippen LogP contribution in [-0.4, -0.2) is 30.8 Å². The summed E-state index contributed by atoms with van der Waals surface area (Å²) >= 11 is 0. The predicted molar refractivity (Wildman–Crippen MR) is 78.2 cm³/mol. The first-order chi connectivity index (χ1) is 9.51. The molecule has 1 heterocycles. The van der Waals surface area contributed by atoms with E-state index in [2.05, 4.69) is 20.8 Å². The first-order valence-corrected chi connectivity index (χ1v) is 8.07. The van der Waals surface area contributed by atoms with Crippen LogP contribution in [0.5, 0.6) is 0 Å². The Bertz CT molecular complexity index is 332. The average molecular weight is 283 g/mol. The number of ether oxygens (including phenoxy) is 2. The second kappa shape index (κ2) is 6.90. The molecule has 1 aliphatic carbocycles. The Balaban J connectivity index is 1.91. The zero-order chi connectivity index (χ0) is 14.7. The zero-order valence-corrected chi connectivity index (χ0v) is 13.0. The van der Waals surface area contributed by atoms with E-state index in [4.69, 9.17) is 15.2 Å². The van der Waals surface area contributed by atoms with E-state index in [1.165, 1.54) is 6.42 Å². The Morgan fingerprint density at radius 1 is 1.30 bits per heavy atom. The number of esters is 1. The number of nitrogens with two attached hydrogens (primary N) is 1. The molecule has 0 amide bonds. The molecule has 2 fully saturated rings. The van der Waals surface area contributed by atoms with Gasteiger partial charge < -0.3 is 15.2 Å². The third kappa shape index (κ3) is 3.73. The lowest BCUT2D eigenvalue weighted by atomic mass is 9.75. The van der Waals surface area contributed by atoms with Crippen LogP contribution in [0, 0.1) is 17.8 Å². The van der Waals surface area contributed by atoms with Gasteiger partial charge in [0, 0.05) is 6.54 Å². The maximum Gasteiger partial charge on any atom is 0.335 e. The van der Waals surface area contributed by atoms with Crippen molar-refractivity contribution in [2.45, 2.75) is 71.2 Å². The fourth-order valence-corrected chi connectivity index (χ4v) is 3.53. The zero-order valence-electron chi connectivity index (χ0n) is 13.0. The summed E-state index contributed by atoms with van der Waals surface area (Å²) in [6.07, 6.45) is 4.70. The van der Waals surface area contributed by atoms with Crippen molar-refractivity contribution in [3.63, 3.8) is 0 Å². The smallest absolute Gasteiger partial charge is 0.335 e. The second-order valence-corrected chi connectivity index (χ2v) is 6.86. The van der Waals surface area contributed by atoms with Crippen molar-refractivity contribution in [3.8, 4) is 0 Å². The molecule has 116 valence electrons. The van der Waals surface area contributed by atoms with Crippen molar-refractivity contribution in [1.29, 1.82) is 0 Å². The van der Waals surface area contributed by atoms with Gasteiger partial charge in [0.1, 0.15) is 6.10 Å². The van der Waals surface area contributed by atoms with Crippen LogP contribution in [0.1, 0.15) is 52.9 Å². The third-order valence-corrected chi connectivity index (χ3v) is 4.86. The lowest BCUT2D eigenvalue weighted by molar-refractivity contribution is -0.168. The van der Waals surface area contributed by atoms with Crippen molar-refractivity contribution in [3.05, 3.63) is 0 Å². The minimum Gasteiger partial charge on any atom is -0.460 e. The van der Waals surface area contributed by atoms with E-state index in [1.807, 2.05) is 0 Å². The minimum atomic E-state index is -0.395. The van der Waals surface area contributed by atoms with E-state index < -0.39 is 6.10 Å². The summed E-state index contributed by atoms with van der Waals surface area (Å²) < 4.78 is 11.4. The third-order valence-electron chi connectivity index (χ3n) is 4.86. The Labute approximate surface area is 122 Å². The molecule has 1 saturated heterocycles. The molecular formula is C16H29NO3. The van der Waals surface area contributed by atoms with E-state index in [1.54, 1.807) is 0 Å². The van der Waals surface area contributed by atoms with Gasteiger partial charge in [-0.1, -0.05) is 27.2 Å². The van der Waals surface area contributed by atoms with E-state index in [9.17, 15) is 4.79 Å². The van der Waals surface area contributed by atoms with Gasteiger partial charge in [0.05, 0.1) is 6.10 Å². The highest BCUT2D eigenvalue weighted by molar-refractivity contribution is 5.75. The second-order valence-electron chi connectivity index (χ2n) is 6.86. The normalized spacial score (nSPS) is 38.1. The monoisotopic (exact) mass is 283 g/mol. The van der Waals surface area contributed by atoms with Crippen molar-refractivity contribution in [1.82, 2.24) is 0 Å². The van der Waals surface area contributed by atoms with E-state index in [0.717, 1.165) is 25.7 Å². The van der Waals surface area contributed by atoms with Crippen LogP contribution in [-0.2, 0) is 14.3 Å². The highest BCUT2D eigenvalue weighted by Gasteiger charge is 2.37. The highest BCUT2D eigenvalue weighted by atomic mass is 16.6. The number of hydrogen-bond acceptors (Lipinski definition) is 4. The van der Waals surface area contributed by atoms with Gasteiger partial charge in [-0.05, 0) is 43.4 Å². The molecule has 20 heavy (non-hydrogen) atoms. The van der Waals surface area contributed by atoms with Crippen molar-refractivity contribution in [2.24, 2.45) is 23.5 Å². The molecule has 2 rings (SSSR count). The molecule has 2 N–H and O–H groups in total. The number of rotatable bonds is 4. The van der Waals surface area contributed by atoms with Gasteiger partial charge in [0.2, 0.25) is 0 Å². The Morgan fingerprint density at radius 3 is 2.65 bits per heavy atom. The van der Waals surface area contributed by atoms with Crippen LogP contribution in [0.15, 0.2) is 0 Å². The van der Waals surface area contributed by atoms with Crippen LogP contribution in [0.2, 0.25) is 0 Å². The topological polar surface area (TPSA) is 61.5 Å². The van der Waals surface area contributed by atoms with Crippen LogP contribution in [0.25, 0.3) is 0 Å². The van der Waals surface area contributed by atoms with Gasteiger partial charge in [-0.15, -0.1) is 0 Å². The molecule has 0 bridgehead atoms. The number of carbonyl (C=O) groups is 1. The largest absolute Gasteiger partial charge is 0.460 e. The Morgan fingerprint density at radius 2 is 2.05 bits per heavy atom. The molecule has 0 radical (unpaired) electrons. The fraction of sp³-hybridized carbons (Fsp3) is 0.938. The van der Waals surface area contributed by atoms with Crippen molar-refractivity contribution in [2.75, 3.05) is 6.54 Å². The Hall–Kier alpha value is -0.610. The number of carbonyl (C=O) groups excluding carboxylic acids is 1. The molecule has 1 saturated carbocycles. The van der Waals surface area contributed by atoms with Gasteiger partial charge in [0.15, 0.2) is 6.10 Å². The molecule has 0 aromatic heterocycles. The Kier molecular flexibility index (Phi) is 5.44. The summed E-state index contributed by atoms with van der Waals surface area (Å²) in [4.78, 5) is 12.3. The summed E-state index contributed by atoms with van der Waals surface area (Å²) in [5.74, 6) is 1.51. The molecule has 2 aliphatic rings. The summed E-state index contributed by atoms with van der Waals surface area (Å²) in [6, 6.07) is 0. The summed E-state index contributed by atoms with van der Waals surface area (Å²) in [6.45, 7) is 7.17. The van der Waals surface area contributed by atoms with E-state index in [-0.39, 0.29) is 18.2 Å². The van der Waals surface area contributed by atoms with Crippen LogP contribution >= 0.6 is 0 Å². The summed E-state index contributed by atoms with van der Waals surface area (Å²) in [7, 11) is 0. The first kappa shape index (κ1) is 15.8. The van der Waals surface area contributed by atoms with E-state index in [0.29, 0.717) is 24.3 Å². The molecule has 0 aromatic rings. The van der Waals surface area contributed by atoms with Crippen LogP contribution < -0.4 is 5.73 Å². The number of hydrogen-bond donors (Lipinski definition) is 1. The maximum atomic E-state index is 12.3. The lowest BCUT2D eigenvalue weighted by Gasteiger charge is -2.37. The molecule has 5 unspecified atom stereocenters. The van der Waals surface area contributed by atoms with Gasteiger partial charge in [-0.2, -0.15) is 0 Å². The van der Waals surface area contributed by atoms with E-state index >= 15 is 0 Å². The molecule has 0 spiro atoms. The van der Waals surface area contributed by atoms with Crippen LogP contribution in [0.3, 0.4) is 0 Å². The fourth-order valence-electron chi connectivity index (χ4n) is 3.53. The van der Waals surface area contributed by atoms with Crippen LogP contribution in [0.4, 0.5) is 0 Å². The quantitative estimate of drug-likeness (QED) is 0.805. The molecule has 4 heteroatoms.